The Morgan fingerprint density at radius 3 is 2.76 bits per heavy atom. The van der Waals surface area contributed by atoms with E-state index in [1.807, 2.05) is 50.6 Å². The molecule has 2 aromatic rings. The first-order valence-corrected chi connectivity index (χ1v) is 5.73. The summed E-state index contributed by atoms with van der Waals surface area (Å²) in [5.41, 5.74) is 2.78. The van der Waals surface area contributed by atoms with Crippen molar-refractivity contribution in [1.82, 2.24) is 9.55 Å². The highest BCUT2D eigenvalue weighted by Gasteiger charge is 2.09. The standard InChI is InChI=1S/C13H17N3O/c1-8(2)13(17)15-10-5-6-12-11(7-10)14-9(3)16(12)4/h5-8H,1-4H3,(H,15,17). The molecule has 1 N–H and O–H groups in total. The number of anilines is 1. The summed E-state index contributed by atoms with van der Waals surface area (Å²) in [5.74, 6) is 0.973. The number of rotatable bonds is 2. The second-order valence-corrected chi connectivity index (χ2v) is 4.57. The molecule has 4 heteroatoms. The number of hydrogen-bond acceptors (Lipinski definition) is 2. The molecule has 0 spiro atoms. The Labute approximate surface area is 101 Å². The molecule has 1 aromatic carbocycles. The fourth-order valence-corrected chi connectivity index (χ4v) is 1.68. The molecule has 0 radical (unpaired) electrons. The first-order chi connectivity index (χ1) is 7.99. The molecule has 0 bridgehead atoms. The summed E-state index contributed by atoms with van der Waals surface area (Å²) in [6, 6.07) is 5.79. The van der Waals surface area contributed by atoms with Crippen molar-refractivity contribution >= 4 is 22.6 Å². The molecule has 2 rings (SSSR count). The monoisotopic (exact) mass is 231 g/mol. The molecule has 0 saturated heterocycles. The van der Waals surface area contributed by atoms with Gasteiger partial charge >= 0.3 is 0 Å². The van der Waals surface area contributed by atoms with Crippen molar-refractivity contribution in [2.45, 2.75) is 20.8 Å². The van der Waals surface area contributed by atoms with Gasteiger partial charge in [-0.3, -0.25) is 4.79 Å². The summed E-state index contributed by atoms with van der Waals surface area (Å²) in [6.07, 6.45) is 0. The predicted octanol–water partition coefficient (Wildman–Crippen LogP) is 2.48. The van der Waals surface area contributed by atoms with Gasteiger partial charge < -0.3 is 9.88 Å². The minimum atomic E-state index is -0.0174. The fraction of sp³-hybridized carbons (Fsp3) is 0.385. The zero-order valence-electron chi connectivity index (χ0n) is 10.6. The van der Waals surface area contributed by atoms with Crippen LogP contribution >= 0.6 is 0 Å². The number of imidazole rings is 1. The van der Waals surface area contributed by atoms with Crippen molar-refractivity contribution in [2.75, 3.05) is 5.32 Å². The fourth-order valence-electron chi connectivity index (χ4n) is 1.68. The van der Waals surface area contributed by atoms with Gasteiger partial charge in [0, 0.05) is 18.7 Å². The van der Waals surface area contributed by atoms with Crippen molar-refractivity contribution in [3.8, 4) is 0 Å². The van der Waals surface area contributed by atoms with Gasteiger partial charge in [0.15, 0.2) is 0 Å². The Morgan fingerprint density at radius 2 is 2.12 bits per heavy atom. The zero-order chi connectivity index (χ0) is 12.6. The van der Waals surface area contributed by atoms with Gasteiger partial charge in [-0.25, -0.2) is 4.98 Å². The minimum Gasteiger partial charge on any atom is -0.331 e. The van der Waals surface area contributed by atoms with Crippen LogP contribution in [0.2, 0.25) is 0 Å². The van der Waals surface area contributed by atoms with Gasteiger partial charge in [0.25, 0.3) is 0 Å². The van der Waals surface area contributed by atoms with Crippen LogP contribution < -0.4 is 5.32 Å². The Balaban J connectivity index is 2.35. The van der Waals surface area contributed by atoms with Crippen molar-refractivity contribution in [3.05, 3.63) is 24.0 Å². The molecule has 0 unspecified atom stereocenters. The van der Waals surface area contributed by atoms with E-state index in [0.29, 0.717) is 0 Å². The highest BCUT2D eigenvalue weighted by molar-refractivity contribution is 5.94. The van der Waals surface area contributed by atoms with Crippen LogP contribution in [0.1, 0.15) is 19.7 Å². The highest BCUT2D eigenvalue weighted by Crippen LogP contribution is 2.19. The molecule has 0 aliphatic heterocycles. The lowest BCUT2D eigenvalue weighted by atomic mass is 10.2. The average Bonchev–Trinajstić information content (AvgIpc) is 2.54. The lowest BCUT2D eigenvalue weighted by Gasteiger charge is -2.07. The smallest absolute Gasteiger partial charge is 0.226 e. The third-order valence-corrected chi connectivity index (χ3v) is 2.90. The first-order valence-electron chi connectivity index (χ1n) is 5.73. The molecule has 1 amide bonds. The summed E-state index contributed by atoms with van der Waals surface area (Å²) in [5, 5.41) is 2.87. The van der Waals surface area contributed by atoms with E-state index >= 15 is 0 Å². The predicted molar refractivity (Wildman–Crippen MR) is 68.9 cm³/mol. The van der Waals surface area contributed by atoms with Gasteiger partial charge in [-0.05, 0) is 25.1 Å². The van der Waals surface area contributed by atoms with Crippen LogP contribution in [0.3, 0.4) is 0 Å². The van der Waals surface area contributed by atoms with E-state index in [1.165, 1.54) is 0 Å². The average molecular weight is 231 g/mol. The first kappa shape index (κ1) is 11.6. The topological polar surface area (TPSA) is 46.9 Å². The third kappa shape index (κ3) is 2.16. The molecular weight excluding hydrogens is 214 g/mol. The number of hydrogen-bond donors (Lipinski definition) is 1. The molecule has 1 aromatic heterocycles. The quantitative estimate of drug-likeness (QED) is 0.863. The number of aryl methyl sites for hydroxylation is 2. The van der Waals surface area contributed by atoms with E-state index in [-0.39, 0.29) is 11.8 Å². The Hall–Kier alpha value is -1.84. The summed E-state index contributed by atoms with van der Waals surface area (Å²) in [7, 11) is 1.98. The number of fused-ring (bicyclic) bond motifs is 1. The van der Waals surface area contributed by atoms with E-state index in [1.54, 1.807) is 0 Å². The Kier molecular flexibility index (Phi) is 2.88. The molecule has 4 nitrogen and oxygen atoms in total. The number of carbonyl (C=O) groups is 1. The maximum Gasteiger partial charge on any atom is 0.226 e. The zero-order valence-corrected chi connectivity index (χ0v) is 10.6. The van der Waals surface area contributed by atoms with Crippen LogP contribution in [0, 0.1) is 12.8 Å². The van der Waals surface area contributed by atoms with Gasteiger partial charge in [-0.1, -0.05) is 13.8 Å². The summed E-state index contributed by atoms with van der Waals surface area (Å²) in [6.45, 7) is 5.71. The number of nitrogens with one attached hydrogen (secondary N) is 1. The number of amides is 1. The molecule has 0 atom stereocenters. The highest BCUT2D eigenvalue weighted by atomic mass is 16.1. The van der Waals surface area contributed by atoms with Crippen molar-refractivity contribution in [3.63, 3.8) is 0 Å². The summed E-state index contributed by atoms with van der Waals surface area (Å²) in [4.78, 5) is 16.0. The van der Waals surface area contributed by atoms with E-state index in [2.05, 4.69) is 10.3 Å². The lowest BCUT2D eigenvalue weighted by Crippen LogP contribution is -2.17. The van der Waals surface area contributed by atoms with E-state index in [9.17, 15) is 4.79 Å². The van der Waals surface area contributed by atoms with Gasteiger partial charge in [0.1, 0.15) is 5.82 Å². The van der Waals surface area contributed by atoms with Gasteiger partial charge in [0.2, 0.25) is 5.91 Å². The summed E-state index contributed by atoms with van der Waals surface area (Å²) < 4.78 is 2.03. The molecule has 17 heavy (non-hydrogen) atoms. The second-order valence-electron chi connectivity index (χ2n) is 4.57. The Bertz CT molecular complexity index is 569. The number of benzene rings is 1. The number of carbonyl (C=O) groups excluding carboxylic acids is 1. The SMILES string of the molecule is Cc1nc2cc(NC(=O)C(C)C)ccc2n1C. The van der Waals surface area contributed by atoms with Crippen LogP contribution in [0.25, 0.3) is 11.0 Å². The van der Waals surface area contributed by atoms with Crippen LogP contribution in [0.4, 0.5) is 5.69 Å². The largest absolute Gasteiger partial charge is 0.331 e. The van der Waals surface area contributed by atoms with Gasteiger partial charge in [0.05, 0.1) is 11.0 Å². The molecule has 0 aliphatic rings. The van der Waals surface area contributed by atoms with E-state index in [4.69, 9.17) is 0 Å². The lowest BCUT2D eigenvalue weighted by molar-refractivity contribution is -0.118. The van der Waals surface area contributed by atoms with Crippen molar-refractivity contribution in [2.24, 2.45) is 13.0 Å². The second kappa shape index (κ2) is 4.20. The minimum absolute atomic E-state index is 0.0174. The maximum absolute atomic E-state index is 11.6. The van der Waals surface area contributed by atoms with Crippen molar-refractivity contribution in [1.29, 1.82) is 0 Å². The number of aromatic nitrogens is 2. The third-order valence-electron chi connectivity index (χ3n) is 2.90. The summed E-state index contributed by atoms with van der Waals surface area (Å²) >= 11 is 0. The molecule has 0 fully saturated rings. The van der Waals surface area contributed by atoms with E-state index in [0.717, 1.165) is 22.5 Å². The van der Waals surface area contributed by atoms with Gasteiger partial charge in [-0.2, -0.15) is 0 Å². The van der Waals surface area contributed by atoms with Crippen LogP contribution in [0.15, 0.2) is 18.2 Å². The Morgan fingerprint density at radius 1 is 1.41 bits per heavy atom. The van der Waals surface area contributed by atoms with Crippen molar-refractivity contribution < 1.29 is 4.79 Å². The van der Waals surface area contributed by atoms with E-state index < -0.39 is 0 Å². The normalized spacial score (nSPS) is 11.1. The molecular formula is C13H17N3O. The van der Waals surface area contributed by atoms with Gasteiger partial charge in [-0.15, -0.1) is 0 Å². The van der Waals surface area contributed by atoms with Crippen LogP contribution in [-0.4, -0.2) is 15.5 Å². The molecule has 0 saturated carbocycles. The van der Waals surface area contributed by atoms with Crippen LogP contribution in [0.5, 0.6) is 0 Å². The number of nitrogens with zero attached hydrogens (tertiary/aromatic N) is 2. The molecule has 0 aliphatic carbocycles. The maximum atomic E-state index is 11.6. The molecule has 90 valence electrons. The molecule has 1 heterocycles. The van der Waals surface area contributed by atoms with Crippen LogP contribution in [-0.2, 0) is 11.8 Å².